The van der Waals surface area contributed by atoms with Gasteiger partial charge in [0.05, 0.1) is 6.10 Å². The molecule has 0 radical (unpaired) electrons. The van der Waals surface area contributed by atoms with Crippen LogP contribution in [0.1, 0.15) is 37.4 Å². The molecule has 1 aromatic rings. The average molecular weight is 294 g/mol. The van der Waals surface area contributed by atoms with Crippen molar-refractivity contribution in [3.05, 3.63) is 23.9 Å². The van der Waals surface area contributed by atoms with Gasteiger partial charge in [-0.3, -0.25) is 0 Å². The summed E-state index contributed by atoms with van der Waals surface area (Å²) in [7, 11) is 0. The van der Waals surface area contributed by atoms with Gasteiger partial charge in [0.25, 0.3) is 0 Å². The zero-order chi connectivity index (χ0) is 11.4. The fourth-order valence-corrected chi connectivity index (χ4v) is 2.14. The van der Waals surface area contributed by atoms with E-state index in [9.17, 15) is 5.11 Å². The molecule has 6 heteroatoms. The molecule has 4 nitrogen and oxygen atoms in total. The lowest BCUT2D eigenvalue weighted by Crippen LogP contribution is -2.30. The molecule has 0 unspecified atom stereocenters. The maximum Gasteiger partial charge on any atom is 0.123 e. The third-order valence-electron chi connectivity index (χ3n) is 3.15. The molecule has 0 aliphatic heterocycles. The average Bonchev–Trinajstić information content (AvgIpc) is 2.80. The lowest BCUT2D eigenvalue weighted by Gasteiger charge is -2.16. The van der Waals surface area contributed by atoms with Gasteiger partial charge in [0.2, 0.25) is 0 Å². The first kappa shape index (κ1) is 17.4. The summed E-state index contributed by atoms with van der Waals surface area (Å²) >= 11 is 0. The van der Waals surface area contributed by atoms with E-state index in [-0.39, 0.29) is 24.8 Å². The molecule has 0 aromatic carbocycles. The van der Waals surface area contributed by atoms with Gasteiger partial charge in [-0.15, -0.1) is 24.8 Å². The highest BCUT2D eigenvalue weighted by Gasteiger charge is 2.16. The summed E-state index contributed by atoms with van der Waals surface area (Å²) in [5.74, 6) is 0.486. The molecule has 0 spiro atoms. The topological polar surface area (TPSA) is 71.2 Å². The summed E-state index contributed by atoms with van der Waals surface area (Å²) < 4.78 is 0. The number of rotatable bonds is 4. The van der Waals surface area contributed by atoms with Crippen LogP contribution < -0.4 is 11.1 Å². The molecule has 4 N–H and O–H groups in total. The first-order chi connectivity index (χ1) is 7.75. The molecule has 1 heterocycles. The number of pyridine rings is 1. The smallest absolute Gasteiger partial charge is 0.123 e. The van der Waals surface area contributed by atoms with E-state index in [1.54, 1.807) is 12.3 Å². The monoisotopic (exact) mass is 293 g/mol. The van der Waals surface area contributed by atoms with Crippen molar-refractivity contribution in [3.8, 4) is 0 Å². The number of aliphatic hydroxyl groups is 1. The predicted octanol–water partition coefficient (Wildman–Crippen LogP) is 2.07. The van der Waals surface area contributed by atoms with Crippen LogP contribution in [0, 0.1) is 0 Å². The van der Waals surface area contributed by atoms with Gasteiger partial charge in [0.15, 0.2) is 0 Å². The number of anilines is 1. The van der Waals surface area contributed by atoms with Crippen LogP contribution in [-0.4, -0.2) is 22.7 Å². The summed E-state index contributed by atoms with van der Waals surface area (Å²) in [6.07, 6.45) is 6.21. The number of nitrogens with one attached hydrogen (secondary N) is 1. The van der Waals surface area contributed by atoms with E-state index in [0.29, 0.717) is 18.4 Å². The largest absolute Gasteiger partial charge is 0.387 e. The molecule has 0 bridgehead atoms. The second kappa shape index (κ2) is 8.53. The minimum atomic E-state index is -0.492. The van der Waals surface area contributed by atoms with Crippen molar-refractivity contribution in [2.24, 2.45) is 0 Å². The quantitative estimate of drug-likeness (QED) is 0.795. The standard InChI is InChI=1S/C12H19N3O.2ClH/c13-12-6-5-9(7-15-12)11(16)8-14-10-3-1-2-4-10;;/h5-7,10-11,14,16H,1-4,8H2,(H2,13,15);2*1H/t11-;;/m0../s1. The zero-order valence-electron chi connectivity index (χ0n) is 10.2. The second-order valence-corrected chi connectivity index (χ2v) is 4.42. The van der Waals surface area contributed by atoms with Gasteiger partial charge in [0.1, 0.15) is 5.82 Å². The first-order valence-corrected chi connectivity index (χ1v) is 5.88. The zero-order valence-corrected chi connectivity index (χ0v) is 11.8. The molecular formula is C12H21Cl2N3O. The maximum atomic E-state index is 9.93. The van der Waals surface area contributed by atoms with E-state index in [1.165, 1.54) is 25.7 Å². The first-order valence-electron chi connectivity index (χ1n) is 5.88. The van der Waals surface area contributed by atoms with Gasteiger partial charge < -0.3 is 16.2 Å². The molecule has 1 aromatic heterocycles. The van der Waals surface area contributed by atoms with E-state index < -0.39 is 6.10 Å². The minimum absolute atomic E-state index is 0. The molecule has 1 atom stereocenters. The summed E-state index contributed by atoms with van der Waals surface area (Å²) in [4.78, 5) is 3.97. The molecule has 1 aliphatic rings. The minimum Gasteiger partial charge on any atom is -0.387 e. The Balaban J connectivity index is 0.00000144. The van der Waals surface area contributed by atoms with E-state index in [4.69, 9.17) is 5.73 Å². The van der Waals surface area contributed by atoms with Crippen molar-refractivity contribution in [3.63, 3.8) is 0 Å². The van der Waals surface area contributed by atoms with Gasteiger partial charge in [-0.25, -0.2) is 4.98 Å². The molecular weight excluding hydrogens is 273 g/mol. The Morgan fingerprint density at radius 3 is 2.56 bits per heavy atom. The number of nitrogens with two attached hydrogens (primary N) is 1. The third kappa shape index (κ3) is 4.98. The van der Waals surface area contributed by atoms with E-state index in [1.807, 2.05) is 6.07 Å². The number of aliphatic hydroxyl groups excluding tert-OH is 1. The van der Waals surface area contributed by atoms with Crippen LogP contribution in [0.25, 0.3) is 0 Å². The molecule has 1 aliphatic carbocycles. The SMILES string of the molecule is Cl.Cl.Nc1ccc([C@@H](O)CNC2CCCC2)cn1. The van der Waals surface area contributed by atoms with Crippen molar-refractivity contribution in [1.29, 1.82) is 0 Å². The maximum absolute atomic E-state index is 9.93. The Hall–Kier alpha value is -0.550. The van der Waals surface area contributed by atoms with Crippen LogP contribution in [0.4, 0.5) is 5.82 Å². The summed E-state index contributed by atoms with van der Waals surface area (Å²) in [6, 6.07) is 4.12. The summed E-state index contributed by atoms with van der Waals surface area (Å²) in [6.45, 7) is 0.594. The molecule has 0 amide bonds. The van der Waals surface area contributed by atoms with Crippen molar-refractivity contribution in [2.45, 2.75) is 37.8 Å². The second-order valence-electron chi connectivity index (χ2n) is 4.42. The molecule has 0 saturated heterocycles. The Bertz CT molecular complexity index is 329. The lowest BCUT2D eigenvalue weighted by atomic mass is 10.1. The molecule has 1 saturated carbocycles. The highest BCUT2D eigenvalue weighted by molar-refractivity contribution is 5.85. The third-order valence-corrected chi connectivity index (χ3v) is 3.15. The number of nitrogens with zero attached hydrogens (tertiary/aromatic N) is 1. The molecule has 2 rings (SSSR count). The van der Waals surface area contributed by atoms with Crippen molar-refractivity contribution >= 4 is 30.6 Å². The van der Waals surface area contributed by atoms with Gasteiger partial charge in [-0.2, -0.15) is 0 Å². The van der Waals surface area contributed by atoms with Crippen LogP contribution >= 0.6 is 24.8 Å². The van der Waals surface area contributed by atoms with Crippen molar-refractivity contribution in [1.82, 2.24) is 10.3 Å². The van der Waals surface area contributed by atoms with Crippen LogP contribution in [0.2, 0.25) is 0 Å². The van der Waals surface area contributed by atoms with Gasteiger partial charge in [-0.05, 0) is 18.9 Å². The van der Waals surface area contributed by atoms with Crippen LogP contribution in [-0.2, 0) is 0 Å². The van der Waals surface area contributed by atoms with E-state index >= 15 is 0 Å². The number of aromatic nitrogens is 1. The fourth-order valence-electron chi connectivity index (χ4n) is 2.14. The number of hydrogen-bond acceptors (Lipinski definition) is 4. The van der Waals surface area contributed by atoms with E-state index in [0.717, 1.165) is 5.56 Å². The molecule has 104 valence electrons. The summed E-state index contributed by atoms with van der Waals surface area (Å²) in [5.41, 5.74) is 6.31. The lowest BCUT2D eigenvalue weighted by molar-refractivity contribution is 0.169. The highest BCUT2D eigenvalue weighted by atomic mass is 35.5. The number of nitrogen functional groups attached to an aromatic ring is 1. The van der Waals surface area contributed by atoms with Crippen molar-refractivity contribution in [2.75, 3.05) is 12.3 Å². The van der Waals surface area contributed by atoms with Crippen LogP contribution in [0.5, 0.6) is 0 Å². The number of hydrogen-bond donors (Lipinski definition) is 3. The summed E-state index contributed by atoms with van der Waals surface area (Å²) in [5, 5.41) is 13.3. The number of halogens is 2. The van der Waals surface area contributed by atoms with Crippen molar-refractivity contribution < 1.29 is 5.11 Å². The predicted molar refractivity (Wildman–Crippen MR) is 78.4 cm³/mol. The van der Waals surface area contributed by atoms with Gasteiger partial charge in [0, 0.05) is 24.3 Å². The molecule has 1 fully saturated rings. The van der Waals surface area contributed by atoms with Gasteiger partial charge >= 0.3 is 0 Å². The normalized spacial score (nSPS) is 16.7. The fraction of sp³-hybridized carbons (Fsp3) is 0.583. The Kier molecular flexibility index (Phi) is 8.27. The van der Waals surface area contributed by atoms with Crippen LogP contribution in [0.15, 0.2) is 18.3 Å². The Morgan fingerprint density at radius 1 is 1.33 bits per heavy atom. The Morgan fingerprint density at radius 2 is 2.00 bits per heavy atom. The molecule has 18 heavy (non-hydrogen) atoms. The van der Waals surface area contributed by atoms with Crippen LogP contribution in [0.3, 0.4) is 0 Å². The van der Waals surface area contributed by atoms with Gasteiger partial charge in [-0.1, -0.05) is 18.9 Å². The Labute approximate surface area is 120 Å². The highest BCUT2D eigenvalue weighted by Crippen LogP contribution is 2.19. The van der Waals surface area contributed by atoms with E-state index in [2.05, 4.69) is 10.3 Å².